The molecule has 8 rings (SSSR count). The zero-order valence-corrected chi connectivity index (χ0v) is 37.8. The minimum absolute atomic E-state index is 0.103. The fourth-order valence-corrected chi connectivity index (χ4v) is 11.3. The quantitative estimate of drug-likeness (QED) is 0.0557. The highest BCUT2D eigenvalue weighted by Gasteiger charge is 2.29. The number of nitrogens with zero attached hydrogens (tertiary/aromatic N) is 6. The first-order valence-electron chi connectivity index (χ1n) is 21.7. The topological polar surface area (TPSA) is 137 Å². The van der Waals surface area contributed by atoms with Crippen LogP contribution in [0.5, 0.6) is 0 Å². The van der Waals surface area contributed by atoms with Gasteiger partial charge in [-0.1, -0.05) is 47.5 Å². The van der Waals surface area contributed by atoms with Crippen LogP contribution in [-0.4, -0.2) is 96.3 Å². The lowest BCUT2D eigenvalue weighted by Crippen LogP contribution is -2.47. The predicted octanol–water partition coefficient (Wildman–Crippen LogP) is 9.98. The summed E-state index contributed by atoms with van der Waals surface area (Å²) in [5.41, 5.74) is 5.85. The van der Waals surface area contributed by atoms with E-state index in [0.717, 1.165) is 93.0 Å². The van der Waals surface area contributed by atoms with Crippen LogP contribution in [0.2, 0.25) is 5.02 Å². The van der Waals surface area contributed by atoms with E-state index >= 15 is 0 Å². The number of nitrogens with one attached hydrogen (secondary N) is 2. The molecule has 12 nitrogen and oxygen atoms in total. The van der Waals surface area contributed by atoms with E-state index in [2.05, 4.69) is 72.8 Å². The number of aromatic nitrogens is 2. The molecule has 3 heterocycles. The van der Waals surface area contributed by atoms with Gasteiger partial charge in [0.25, 0.3) is 15.7 Å². The van der Waals surface area contributed by atoms with E-state index in [0.29, 0.717) is 28.7 Å². The lowest BCUT2D eigenvalue weighted by Gasteiger charge is -2.37. The lowest BCUT2D eigenvalue weighted by molar-refractivity contribution is -0.384. The van der Waals surface area contributed by atoms with Crippen LogP contribution >= 0.6 is 23.4 Å². The van der Waals surface area contributed by atoms with E-state index in [1.165, 1.54) is 48.0 Å². The van der Waals surface area contributed by atoms with Gasteiger partial charge in [-0.2, -0.15) is 0 Å². The third kappa shape index (κ3) is 10.5. The van der Waals surface area contributed by atoms with Crippen molar-refractivity contribution in [3.05, 3.63) is 124 Å². The molecule has 1 aliphatic carbocycles. The second kappa shape index (κ2) is 19.8. The van der Waals surface area contributed by atoms with Gasteiger partial charge in [0.15, 0.2) is 5.82 Å². The van der Waals surface area contributed by atoms with Gasteiger partial charge in [-0.25, -0.2) is 18.4 Å². The average molecular weight is 896 g/mol. The normalized spacial score (nSPS) is 19.5. The zero-order chi connectivity index (χ0) is 43.2. The van der Waals surface area contributed by atoms with Crippen molar-refractivity contribution in [1.82, 2.24) is 19.8 Å². The second-order valence-corrected chi connectivity index (χ2v) is 20.0. The molecule has 0 radical (unpaired) electrons. The van der Waals surface area contributed by atoms with Crippen LogP contribution in [0.25, 0.3) is 16.5 Å². The van der Waals surface area contributed by atoms with Crippen molar-refractivity contribution in [1.29, 1.82) is 0 Å². The second-order valence-electron chi connectivity index (χ2n) is 16.8. The zero-order valence-electron chi connectivity index (χ0n) is 35.4. The highest BCUT2D eigenvalue weighted by Crippen LogP contribution is 2.35. The number of nitro benzene ring substituents is 1. The number of likely N-dealkylation sites (tertiary alicyclic amines) is 1. The highest BCUT2D eigenvalue weighted by atomic mass is 35.5. The number of hydrogen-bond donors (Lipinski definition) is 2. The van der Waals surface area contributed by atoms with Crippen LogP contribution in [0.15, 0.2) is 113 Å². The summed E-state index contributed by atoms with van der Waals surface area (Å²) in [6.45, 7) is 9.89. The Kier molecular flexibility index (Phi) is 14.0. The van der Waals surface area contributed by atoms with Crippen LogP contribution in [0.1, 0.15) is 64.4 Å². The summed E-state index contributed by atoms with van der Waals surface area (Å²) < 4.78 is 30.4. The lowest BCUT2D eigenvalue weighted by atomic mass is 9.87. The fourth-order valence-electron chi connectivity index (χ4n) is 9.16. The smallest absolute Gasteiger partial charge is 0.293 e. The molecule has 2 saturated heterocycles. The predicted molar refractivity (Wildman–Crippen MR) is 253 cm³/mol. The van der Waals surface area contributed by atoms with Crippen molar-refractivity contribution in [3.8, 4) is 0 Å². The van der Waals surface area contributed by atoms with Crippen LogP contribution in [0, 0.1) is 10.1 Å². The molecule has 0 saturated carbocycles. The van der Waals surface area contributed by atoms with E-state index in [4.69, 9.17) is 11.6 Å². The number of piperazine rings is 1. The maximum atomic E-state index is 13.9. The van der Waals surface area contributed by atoms with Gasteiger partial charge in [-0.15, -0.1) is 11.8 Å². The van der Waals surface area contributed by atoms with Crippen LogP contribution in [0.4, 0.5) is 22.9 Å². The molecule has 62 heavy (non-hydrogen) atoms. The Labute approximate surface area is 374 Å². The van der Waals surface area contributed by atoms with Crippen LogP contribution < -0.4 is 14.9 Å². The number of hydrogen-bond acceptors (Lipinski definition) is 11. The Morgan fingerprint density at radius 2 is 1.65 bits per heavy atom. The van der Waals surface area contributed by atoms with Crippen molar-refractivity contribution in [2.75, 3.05) is 60.0 Å². The van der Waals surface area contributed by atoms with Crippen molar-refractivity contribution < 1.29 is 13.3 Å². The molecule has 2 aliphatic heterocycles. The standard InChI is InChI=1S/C47H55ClN8O4S2/c1-33-12-13-34(2)55(33)23-22-38(31-61-40-9-4-3-5-10-40)51-44-21-19-41(29-46(44)56(57)58)62(59,60)52-47-43-20-18-39(28-45(43)49-32-50-47)54-26-24-53(25-27-54)30-36-8-6-7-11-42(36)35-14-16-37(48)17-15-35/h3-5,9-10,14-21,28-29,32-34,38,51H,6-8,11-13,22-27,30-31H2,1-2H3,(H,49,50,52)/t33-,34+,38-/m1/s1. The number of allylic oxidation sites excluding steroid dienone is 1. The number of thioether (sulfide) groups is 1. The van der Waals surface area contributed by atoms with Gasteiger partial charge >= 0.3 is 0 Å². The summed E-state index contributed by atoms with van der Waals surface area (Å²) in [7, 11) is -4.27. The van der Waals surface area contributed by atoms with Crippen molar-refractivity contribution >= 4 is 72.7 Å². The number of fused-ring (bicyclic) bond motifs is 1. The molecule has 5 aromatic rings. The molecule has 0 unspecified atom stereocenters. The van der Waals surface area contributed by atoms with E-state index in [1.807, 2.05) is 48.5 Å². The molecule has 3 atom stereocenters. The van der Waals surface area contributed by atoms with E-state index in [1.54, 1.807) is 11.8 Å². The molecule has 4 aromatic carbocycles. The number of sulfonamides is 1. The van der Waals surface area contributed by atoms with E-state index in [9.17, 15) is 18.5 Å². The maximum Gasteiger partial charge on any atom is 0.293 e. The van der Waals surface area contributed by atoms with E-state index < -0.39 is 14.9 Å². The molecule has 2 N–H and O–H groups in total. The number of anilines is 3. The molecule has 15 heteroatoms. The molecule has 0 amide bonds. The van der Waals surface area contributed by atoms with Crippen LogP contribution in [-0.2, 0) is 10.0 Å². The number of benzene rings is 4. The van der Waals surface area contributed by atoms with Gasteiger partial charge in [-0.3, -0.25) is 24.6 Å². The summed E-state index contributed by atoms with van der Waals surface area (Å²) in [4.78, 5) is 29.0. The monoisotopic (exact) mass is 894 g/mol. The van der Waals surface area contributed by atoms with Crippen LogP contribution in [0.3, 0.4) is 0 Å². The summed E-state index contributed by atoms with van der Waals surface area (Å²) in [5, 5.41) is 17.2. The summed E-state index contributed by atoms with van der Waals surface area (Å²) >= 11 is 7.88. The third-order valence-corrected chi connectivity index (χ3v) is 15.4. The molecule has 1 aromatic heterocycles. The molecular formula is C47H55ClN8O4S2. The molecule has 3 aliphatic rings. The molecular weight excluding hydrogens is 840 g/mol. The first-order valence-corrected chi connectivity index (χ1v) is 24.6. The Hall–Kier alpha value is -4.73. The largest absolute Gasteiger partial charge is 0.376 e. The Balaban J connectivity index is 0.938. The van der Waals surface area contributed by atoms with E-state index in [-0.39, 0.29) is 28.1 Å². The van der Waals surface area contributed by atoms with Gasteiger partial charge in [0.1, 0.15) is 12.0 Å². The fraction of sp³-hybridized carbons (Fsp3) is 0.404. The minimum Gasteiger partial charge on any atom is -0.376 e. The van der Waals surface area contributed by atoms with Crippen molar-refractivity contribution in [2.45, 2.75) is 86.7 Å². The Morgan fingerprint density at radius 1 is 0.903 bits per heavy atom. The SMILES string of the molecule is C[C@@H]1CC[C@H](C)N1CC[C@H](CSc1ccccc1)Nc1ccc(S(=O)(=O)Nc2ncnc3cc(N4CCN(CC5=C(c6ccc(Cl)cc6)CCCC5)CC4)ccc23)cc1[N+](=O)[O-]. The summed E-state index contributed by atoms with van der Waals surface area (Å²) in [6, 6.07) is 29.0. The van der Waals surface area contributed by atoms with Gasteiger partial charge < -0.3 is 10.2 Å². The number of nitro groups is 1. The summed E-state index contributed by atoms with van der Waals surface area (Å²) in [5.74, 6) is 0.792. The van der Waals surface area contributed by atoms with Crippen molar-refractivity contribution in [3.63, 3.8) is 0 Å². The maximum absolute atomic E-state index is 13.9. The van der Waals surface area contributed by atoms with Gasteiger partial charge in [0.05, 0.1) is 15.3 Å². The number of halogens is 1. The molecule has 0 bridgehead atoms. The average Bonchev–Trinajstić information content (AvgIpc) is 3.61. The molecule has 326 valence electrons. The van der Waals surface area contributed by atoms with Crippen molar-refractivity contribution in [2.24, 2.45) is 0 Å². The molecule has 2 fully saturated rings. The van der Waals surface area contributed by atoms with Gasteiger partial charge in [-0.05, 0) is 125 Å². The minimum atomic E-state index is -4.27. The molecule has 0 spiro atoms. The first-order chi connectivity index (χ1) is 30.0. The highest BCUT2D eigenvalue weighted by molar-refractivity contribution is 7.99. The van der Waals surface area contributed by atoms with Gasteiger partial charge in [0.2, 0.25) is 0 Å². The Morgan fingerprint density at radius 3 is 2.39 bits per heavy atom. The van der Waals surface area contributed by atoms with Gasteiger partial charge in [0, 0.05) is 90.2 Å². The third-order valence-electron chi connectivity index (χ3n) is 12.7. The summed E-state index contributed by atoms with van der Waals surface area (Å²) in [6.07, 6.45) is 9.09. The number of rotatable bonds is 16. The first kappa shape index (κ1) is 43.9. The Bertz CT molecular complexity index is 2490.